The highest BCUT2D eigenvalue weighted by atomic mass is 127. The first kappa shape index (κ1) is 22.7. The fourth-order valence-corrected chi connectivity index (χ4v) is 2.76. The van der Waals surface area contributed by atoms with Crippen LogP contribution < -0.4 is 9.47 Å². The van der Waals surface area contributed by atoms with Gasteiger partial charge in [-0.3, -0.25) is 0 Å². The molecule has 0 fully saturated rings. The van der Waals surface area contributed by atoms with E-state index in [1.807, 2.05) is 48.5 Å². The molecule has 0 N–H and O–H groups in total. The van der Waals surface area contributed by atoms with Gasteiger partial charge in [0.15, 0.2) is 0 Å². The first-order valence-electron chi connectivity index (χ1n) is 8.74. The van der Waals surface area contributed by atoms with Gasteiger partial charge in [-0.2, -0.15) is 0 Å². The standard InChI is InChI=1S/C20H24I2O5/c21-17-1-5-19(6-2-17)26-15-13-24-11-9-23-10-12-25-14-16-27-20-7-3-18(22)4-8-20/h1-8H,9-16H2. The molecule has 148 valence electrons. The van der Waals surface area contributed by atoms with Crippen LogP contribution in [0.25, 0.3) is 0 Å². The van der Waals surface area contributed by atoms with Crippen LogP contribution in [-0.4, -0.2) is 52.9 Å². The van der Waals surface area contributed by atoms with E-state index in [9.17, 15) is 0 Å². The van der Waals surface area contributed by atoms with E-state index in [1.165, 1.54) is 7.14 Å². The quantitative estimate of drug-likeness (QED) is 0.239. The molecule has 0 aliphatic carbocycles. The molecule has 2 aromatic rings. The third kappa shape index (κ3) is 11.1. The van der Waals surface area contributed by atoms with Gasteiger partial charge in [0.1, 0.15) is 24.7 Å². The molecule has 0 amide bonds. The number of benzene rings is 2. The fraction of sp³-hybridized carbons (Fsp3) is 0.400. The highest BCUT2D eigenvalue weighted by Crippen LogP contribution is 2.14. The number of hydrogen-bond acceptors (Lipinski definition) is 5. The van der Waals surface area contributed by atoms with Crippen LogP contribution in [-0.2, 0) is 14.2 Å². The summed E-state index contributed by atoms with van der Waals surface area (Å²) in [5, 5.41) is 0. The second kappa shape index (κ2) is 14.4. The van der Waals surface area contributed by atoms with E-state index in [0.717, 1.165) is 11.5 Å². The summed E-state index contributed by atoms with van der Waals surface area (Å²) in [5.41, 5.74) is 0. The van der Waals surface area contributed by atoms with Crippen molar-refractivity contribution in [3.05, 3.63) is 55.7 Å². The van der Waals surface area contributed by atoms with Crippen molar-refractivity contribution in [2.24, 2.45) is 0 Å². The van der Waals surface area contributed by atoms with Gasteiger partial charge >= 0.3 is 0 Å². The summed E-state index contributed by atoms with van der Waals surface area (Å²) in [6.45, 7) is 4.34. The average molecular weight is 598 g/mol. The second-order valence-electron chi connectivity index (χ2n) is 5.44. The minimum atomic E-state index is 0.532. The summed E-state index contributed by atoms with van der Waals surface area (Å²) < 4.78 is 29.9. The number of rotatable bonds is 14. The zero-order valence-electron chi connectivity index (χ0n) is 15.1. The second-order valence-corrected chi connectivity index (χ2v) is 7.93. The normalized spacial score (nSPS) is 10.7. The lowest BCUT2D eigenvalue weighted by Gasteiger charge is -2.09. The van der Waals surface area contributed by atoms with Gasteiger partial charge in [0.2, 0.25) is 0 Å². The summed E-state index contributed by atoms with van der Waals surface area (Å²) in [5.74, 6) is 1.72. The molecule has 7 heteroatoms. The molecule has 0 unspecified atom stereocenters. The van der Waals surface area contributed by atoms with Crippen molar-refractivity contribution in [1.82, 2.24) is 0 Å². The van der Waals surface area contributed by atoms with E-state index >= 15 is 0 Å². The Morgan fingerprint density at radius 2 is 0.741 bits per heavy atom. The summed E-state index contributed by atoms with van der Waals surface area (Å²) in [4.78, 5) is 0. The molecule has 0 radical (unpaired) electrons. The molecule has 0 atom stereocenters. The van der Waals surface area contributed by atoms with Crippen molar-refractivity contribution in [1.29, 1.82) is 0 Å². The Hall–Kier alpha value is -0.620. The Morgan fingerprint density at radius 1 is 0.444 bits per heavy atom. The van der Waals surface area contributed by atoms with Gasteiger partial charge in [-0.25, -0.2) is 0 Å². The molecule has 0 aromatic heterocycles. The molecule has 0 aliphatic heterocycles. The fourth-order valence-electron chi connectivity index (χ4n) is 2.04. The van der Waals surface area contributed by atoms with Crippen LogP contribution in [0.3, 0.4) is 0 Å². The van der Waals surface area contributed by atoms with E-state index in [2.05, 4.69) is 45.2 Å². The Bertz CT molecular complexity index is 564. The largest absolute Gasteiger partial charge is 0.491 e. The lowest BCUT2D eigenvalue weighted by atomic mass is 10.3. The zero-order valence-corrected chi connectivity index (χ0v) is 19.4. The van der Waals surface area contributed by atoms with Crippen molar-refractivity contribution in [3.8, 4) is 11.5 Å². The lowest BCUT2D eigenvalue weighted by molar-refractivity contribution is 0.00499. The molecular formula is C20H24I2O5. The maximum absolute atomic E-state index is 5.58. The zero-order chi connectivity index (χ0) is 19.2. The average Bonchev–Trinajstić information content (AvgIpc) is 2.68. The van der Waals surface area contributed by atoms with Crippen LogP contribution in [0, 0.1) is 7.14 Å². The first-order valence-corrected chi connectivity index (χ1v) is 10.9. The lowest BCUT2D eigenvalue weighted by Crippen LogP contribution is -2.14. The highest BCUT2D eigenvalue weighted by molar-refractivity contribution is 14.1. The third-order valence-electron chi connectivity index (χ3n) is 3.36. The summed E-state index contributed by atoms with van der Waals surface area (Å²) >= 11 is 4.53. The Labute approximate surface area is 187 Å². The van der Waals surface area contributed by atoms with Crippen molar-refractivity contribution in [2.45, 2.75) is 0 Å². The van der Waals surface area contributed by atoms with Crippen LogP contribution in [0.4, 0.5) is 0 Å². The summed E-state index contributed by atoms with van der Waals surface area (Å²) in [6, 6.07) is 15.9. The van der Waals surface area contributed by atoms with E-state index in [1.54, 1.807) is 0 Å². The van der Waals surface area contributed by atoms with E-state index in [4.69, 9.17) is 23.7 Å². The summed E-state index contributed by atoms with van der Waals surface area (Å²) in [7, 11) is 0. The van der Waals surface area contributed by atoms with Crippen LogP contribution in [0.1, 0.15) is 0 Å². The van der Waals surface area contributed by atoms with E-state index in [0.29, 0.717) is 52.9 Å². The van der Waals surface area contributed by atoms with E-state index < -0.39 is 0 Å². The number of halogens is 2. The highest BCUT2D eigenvalue weighted by Gasteiger charge is 1.96. The van der Waals surface area contributed by atoms with E-state index in [-0.39, 0.29) is 0 Å². The van der Waals surface area contributed by atoms with Crippen LogP contribution in [0.5, 0.6) is 11.5 Å². The topological polar surface area (TPSA) is 46.2 Å². The van der Waals surface area contributed by atoms with Gasteiger partial charge in [-0.05, 0) is 93.7 Å². The molecule has 27 heavy (non-hydrogen) atoms. The Balaban J connectivity index is 1.32. The van der Waals surface area contributed by atoms with Gasteiger partial charge in [0.25, 0.3) is 0 Å². The number of ether oxygens (including phenoxy) is 5. The molecule has 0 spiro atoms. The number of hydrogen-bond donors (Lipinski definition) is 0. The molecule has 5 nitrogen and oxygen atoms in total. The molecular weight excluding hydrogens is 574 g/mol. The molecule has 0 bridgehead atoms. The minimum Gasteiger partial charge on any atom is -0.491 e. The molecule has 2 aromatic carbocycles. The molecule has 0 heterocycles. The Morgan fingerprint density at radius 3 is 1.07 bits per heavy atom. The maximum Gasteiger partial charge on any atom is 0.119 e. The smallest absolute Gasteiger partial charge is 0.119 e. The summed E-state index contributed by atoms with van der Waals surface area (Å²) in [6.07, 6.45) is 0. The van der Waals surface area contributed by atoms with Crippen molar-refractivity contribution in [3.63, 3.8) is 0 Å². The predicted molar refractivity (Wildman–Crippen MR) is 122 cm³/mol. The molecule has 0 saturated carbocycles. The first-order chi connectivity index (χ1) is 13.2. The molecule has 0 saturated heterocycles. The third-order valence-corrected chi connectivity index (χ3v) is 4.80. The SMILES string of the molecule is Ic1ccc(OCCOCCOCCOCCOc2ccc(I)cc2)cc1. The minimum absolute atomic E-state index is 0.532. The van der Waals surface area contributed by atoms with Crippen molar-refractivity contribution >= 4 is 45.2 Å². The van der Waals surface area contributed by atoms with Gasteiger partial charge < -0.3 is 23.7 Å². The Kier molecular flexibility index (Phi) is 12.1. The van der Waals surface area contributed by atoms with Crippen molar-refractivity contribution < 1.29 is 23.7 Å². The molecule has 2 rings (SSSR count). The monoisotopic (exact) mass is 598 g/mol. The predicted octanol–water partition coefficient (Wildman–Crippen LogP) is 4.40. The van der Waals surface area contributed by atoms with Crippen molar-refractivity contribution in [2.75, 3.05) is 52.9 Å². The van der Waals surface area contributed by atoms with Gasteiger partial charge in [-0.15, -0.1) is 0 Å². The maximum atomic E-state index is 5.58. The van der Waals surface area contributed by atoms with Crippen LogP contribution >= 0.6 is 45.2 Å². The molecule has 0 aliphatic rings. The van der Waals surface area contributed by atoms with Gasteiger partial charge in [0, 0.05) is 7.14 Å². The van der Waals surface area contributed by atoms with Crippen LogP contribution in [0.2, 0.25) is 0 Å². The van der Waals surface area contributed by atoms with Gasteiger partial charge in [-0.1, -0.05) is 0 Å². The van der Waals surface area contributed by atoms with Gasteiger partial charge in [0.05, 0.1) is 39.6 Å². The van der Waals surface area contributed by atoms with Crippen LogP contribution in [0.15, 0.2) is 48.5 Å².